The van der Waals surface area contributed by atoms with Crippen LogP contribution in [-0.2, 0) is 10.0 Å². The van der Waals surface area contributed by atoms with Crippen LogP contribution in [-0.4, -0.2) is 25.8 Å². The quantitative estimate of drug-likeness (QED) is 0.670. The van der Waals surface area contributed by atoms with E-state index in [1.165, 1.54) is 17.7 Å². The number of anilines is 1. The van der Waals surface area contributed by atoms with E-state index in [1.807, 2.05) is 16.3 Å². The summed E-state index contributed by atoms with van der Waals surface area (Å²) in [6.45, 7) is 0.717. The highest BCUT2D eigenvalue weighted by atomic mass is 32.2. The number of carbonyl (C=O) groups excluding carboxylic acids is 1. The lowest BCUT2D eigenvalue weighted by atomic mass is 10.1. The van der Waals surface area contributed by atoms with Gasteiger partial charge in [0.2, 0.25) is 0 Å². The van der Waals surface area contributed by atoms with Crippen molar-refractivity contribution in [2.24, 2.45) is 0 Å². The molecule has 144 valence electrons. The molecular weight excluding hydrogens is 392 g/mol. The van der Waals surface area contributed by atoms with Crippen molar-refractivity contribution in [2.45, 2.75) is 23.8 Å². The van der Waals surface area contributed by atoms with Crippen LogP contribution in [0.25, 0.3) is 0 Å². The number of sulfonamides is 1. The van der Waals surface area contributed by atoms with Gasteiger partial charge < -0.3 is 4.90 Å². The molecular formula is C21H20N2O3S2. The van der Waals surface area contributed by atoms with Crippen LogP contribution in [0.3, 0.4) is 0 Å². The first kappa shape index (κ1) is 18.7. The highest BCUT2D eigenvalue weighted by Gasteiger charge is 2.30. The van der Waals surface area contributed by atoms with Gasteiger partial charge in [0.15, 0.2) is 0 Å². The topological polar surface area (TPSA) is 66.5 Å². The Hall–Kier alpha value is -2.64. The van der Waals surface area contributed by atoms with Gasteiger partial charge in [-0.1, -0.05) is 18.2 Å². The molecule has 2 aromatic carbocycles. The molecule has 1 aliphatic heterocycles. The van der Waals surface area contributed by atoms with E-state index in [4.69, 9.17) is 0 Å². The number of nitrogens with one attached hydrogen (secondary N) is 1. The third-order valence-electron chi connectivity index (χ3n) is 4.88. The summed E-state index contributed by atoms with van der Waals surface area (Å²) in [4.78, 5) is 15.0. The Morgan fingerprint density at radius 1 is 1.04 bits per heavy atom. The van der Waals surface area contributed by atoms with Gasteiger partial charge in [0.25, 0.3) is 15.9 Å². The minimum Gasteiger partial charge on any atom is -0.332 e. The molecule has 1 aliphatic rings. The second-order valence-corrected chi connectivity index (χ2v) is 9.17. The average Bonchev–Trinajstić information content (AvgIpc) is 3.39. The monoisotopic (exact) mass is 412 g/mol. The zero-order chi connectivity index (χ0) is 19.6. The van der Waals surface area contributed by atoms with Crippen LogP contribution >= 0.6 is 11.3 Å². The van der Waals surface area contributed by atoms with E-state index in [0.717, 1.165) is 19.4 Å². The molecule has 7 heteroatoms. The first-order valence-electron chi connectivity index (χ1n) is 9.05. The molecule has 0 radical (unpaired) electrons. The van der Waals surface area contributed by atoms with E-state index in [2.05, 4.69) is 16.2 Å². The Bertz CT molecular complexity index is 1050. The standard InChI is InChI=1S/C21H20N2O3S2/c24-21(23-13-4-7-20(23)17-12-14-27-15-17)16-8-10-19(11-9-16)28(25,26)22-18-5-2-1-3-6-18/h1-3,5-6,8-12,14-15,20,22H,4,7,13H2. The van der Waals surface area contributed by atoms with Crippen molar-refractivity contribution in [1.82, 2.24) is 4.90 Å². The van der Waals surface area contributed by atoms with Gasteiger partial charge in [-0.2, -0.15) is 11.3 Å². The molecule has 5 nitrogen and oxygen atoms in total. The molecule has 0 spiro atoms. The molecule has 0 saturated carbocycles. The van der Waals surface area contributed by atoms with Crippen LogP contribution in [0.1, 0.15) is 34.8 Å². The zero-order valence-corrected chi connectivity index (χ0v) is 16.7. The summed E-state index contributed by atoms with van der Waals surface area (Å²) in [6.07, 6.45) is 1.93. The van der Waals surface area contributed by atoms with Crippen molar-refractivity contribution in [3.05, 3.63) is 82.6 Å². The van der Waals surface area contributed by atoms with Crippen LogP contribution in [0, 0.1) is 0 Å². The Morgan fingerprint density at radius 2 is 1.79 bits per heavy atom. The Kier molecular flexibility index (Phi) is 5.19. The summed E-state index contributed by atoms with van der Waals surface area (Å²) in [6, 6.07) is 17.0. The average molecular weight is 413 g/mol. The molecule has 1 aromatic heterocycles. The molecule has 1 saturated heterocycles. The SMILES string of the molecule is O=C(c1ccc(S(=O)(=O)Nc2ccccc2)cc1)N1CCCC1c1ccsc1. The van der Waals surface area contributed by atoms with Gasteiger partial charge in [-0.15, -0.1) is 0 Å². The first-order valence-corrected chi connectivity index (χ1v) is 11.5. The van der Waals surface area contributed by atoms with E-state index in [0.29, 0.717) is 11.3 Å². The number of hydrogen-bond donors (Lipinski definition) is 1. The number of nitrogens with zero attached hydrogens (tertiary/aromatic N) is 1. The number of carbonyl (C=O) groups is 1. The molecule has 1 unspecified atom stereocenters. The number of amides is 1. The summed E-state index contributed by atoms with van der Waals surface area (Å²) in [5.41, 5.74) is 2.17. The minimum atomic E-state index is -3.69. The lowest BCUT2D eigenvalue weighted by Crippen LogP contribution is -2.30. The number of rotatable bonds is 5. The van der Waals surface area contributed by atoms with Gasteiger partial charge in [0.1, 0.15) is 0 Å². The van der Waals surface area contributed by atoms with E-state index in [-0.39, 0.29) is 16.8 Å². The van der Waals surface area contributed by atoms with E-state index in [1.54, 1.807) is 47.7 Å². The Morgan fingerprint density at radius 3 is 2.46 bits per heavy atom. The third kappa shape index (κ3) is 3.81. The minimum absolute atomic E-state index is 0.0614. The molecule has 1 fully saturated rings. The first-order chi connectivity index (χ1) is 13.5. The second kappa shape index (κ2) is 7.77. The van der Waals surface area contributed by atoms with Crippen molar-refractivity contribution in [2.75, 3.05) is 11.3 Å². The largest absolute Gasteiger partial charge is 0.332 e. The number of likely N-dealkylation sites (tertiary alicyclic amines) is 1. The highest BCUT2D eigenvalue weighted by Crippen LogP contribution is 2.34. The summed E-state index contributed by atoms with van der Waals surface area (Å²) >= 11 is 1.63. The fourth-order valence-corrected chi connectivity index (χ4v) is 5.25. The van der Waals surface area contributed by atoms with Gasteiger partial charge in [-0.3, -0.25) is 9.52 Å². The predicted molar refractivity (Wildman–Crippen MR) is 111 cm³/mol. The molecule has 2 heterocycles. The summed E-state index contributed by atoms with van der Waals surface area (Å²) in [5.74, 6) is -0.0614. The third-order valence-corrected chi connectivity index (χ3v) is 6.98. The van der Waals surface area contributed by atoms with Crippen LogP contribution < -0.4 is 4.72 Å². The Labute approximate surface area is 168 Å². The number of benzene rings is 2. The summed E-state index contributed by atoms with van der Waals surface area (Å²) in [5, 5.41) is 4.11. The van der Waals surface area contributed by atoms with Gasteiger partial charge in [-0.05, 0) is 71.6 Å². The molecule has 3 aromatic rings. The van der Waals surface area contributed by atoms with Gasteiger partial charge in [0.05, 0.1) is 10.9 Å². The number of thiophene rings is 1. The molecule has 1 amide bonds. The smallest absolute Gasteiger partial charge is 0.261 e. The maximum atomic E-state index is 13.0. The maximum Gasteiger partial charge on any atom is 0.261 e. The summed E-state index contributed by atoms with van der Waals surface area (Å²) < 4.78 is 27.6. The fourth-order valence-electron chi connectivity index (χ4n) is 3.48. The summed E-state index contributed by atoms with van der Waals surface area (Å²) in [7, 11) is -3.69. The van der Waals surface area contributed by atoms with Gasteiger partial charge >= 0.3 is 0 Å². The van der Waals surface area contributed by atoms with Crippen molar-refractivity contribution in [3.8, 4) is 0 Å². The molecule has 4 rings (SSSR count). The number of para-hydroxylation sites is 1. The van der Waals surface area contributed by atoms with Crippen LogP contribution in [0.5, 0.6) is 0 Å². The van der Waals surface area contributed by atoms with Crippen molar-refractivity contribution >= 4 is 33.0 Å². The number of hydrogen-bond acceptors (Lipinski definition) is 4. The molecule has 0 bridgehead atoms. The normalized spacial score (nSPS) is 16.9. The van der Waals surface area contributed by atoms with E-state index < -0.39 is 10.0 Å². The molecule has 1 atom stereocenters. The fraction of sp³-hybridized carbons (Fsp3) is 0.190. The highest BCUT2D eigenvalue weighted by molar-refractivity contribution is 7.92. The maximum absolute atomic E-state index is 13.0. The molecule has 28 heavy (non-hydrogen) atoms. The van der Waals surface area contributed by atoms with Gasteiger partial charge in [0, 0.05) is 17.8 Å². The molecule has 0 aliphatic carbocycles. The van der Waals surface area contributed by atoms with Crippen molar-refractivity contribution in [1.29, 1.82) is 0 Å². The van der Waals surface area contributed by atoms with E-state index >= 15 is 0 Å². The van der Waals surface area contributed by atoms with Crippen LogP contribution in [0.15, 0.2) is 76.3 Å². The Balaban J connectivity index is 1.52. The van der Waals surface area contributed by atoms with Crippen molar-refractivity contribution < 1.29 is 13.2 Å². The van der Waals surface area contributed by atoms with E-state index in [9.17, 15) is 13.2 Å². The van der Waals surface area contributed by atoms with Gasteiger partial charge in [-0.25, -0.2) is 8.42 Å². The zero-order valence-electron chi connectivity index (χ0n) is 15.1. The second-order valence-electron chi connectivity index (χ2n) is 6.71. The van der Waals surface area contributed by atoms with Crippen LogP contribution in [0.4, 0.5) is 5.69 Å². The predicted octanol–water partition coefficient (Wildman–Crippen LogP) is 4.53. The molecule has 1 N–H and O–H groups in total. The van der Waals surface area contributed by atoms with Crippen molar-refractivity contribution in [3.63, 3.8) is 0 Å². The lowest BCUT2D eigenvalue weighted by Gasteiger charge is -2.24. The van der Waals surface area contributed by atoms with Crippen LogP contribution in [0.2, 0.25) is 0 Å². The lowest BCUT2D eigenvalue weighted by molar-refractivity contribution is 0.0736.